The van der Waals surface area contributed by atoms with E-state index in [1.807, 2.05) is 6.07 Å². The lowest BCUT2D eigenvalue weighted by Crippen LogP contribution is -2.01. The van der Waals surface area contributed by atoms with Crippen LogP contribution in [0.4, 0.5) is 0 Å². The maximum atomic E-state index is 5.22. The van der Waals surface area contributed by atoms with Crippen LogP contribution in [-0.2, 0) is 0 Å². The van der Waals surface area contributed by atoms with Crippen molar-refractivity contribution < 1.29 is 0 Å². The summed E-state index contributed by atoms with van der Waals surface area (Å²) in [5, 5.41) is 7.40. The van der Waals surface area contributed by atoms with Gasteiger partial charge < -0.3 is 4.57 Å². The molecule has 5 heteroatoms. The Morgan fingerprint density at radius 3 is 1.89 bits per heavy atom. The third-order valence-electron chi connectivity index (χ3n) is 10.5. The van der Waals surface area contributed by atoms with Gasteiger partial charge in [0.1, 0.15) is 0 Å². The van der Waals surface area contributed by atoms with Crippen molar-refractivity contribution in [3.05, 3.63) is 182 Å². The first kappa shape index (κ1) is 30.7. The van der Waals surface area contributed by atoms with Gasteiger partial charge in [-0.25, -0.2) is 15.0 Å². The summed E-state index contributed by atoms with van der Waals surface area (Å²) in [5.41, 5.74) is 8.58. The molecule has 0 aliphatic rings. The van der Waals surface area contributed by atoms with Crippen LogP contribution in [0.5, 0.6) is 0 Å². The second-order valence-electron chi connectivity index (χ2n) is 13.6. The van der Waals surface area contributed by atoms with E-state index in [1.54, 1.807) is 11.3 Å². The molecular weight excluding hydrogens is 677 g/mol. The predicted octanol–water partition coefficient (Wildman–Crippen LogP) is 13.2. The summed E-state index contributed by atoms with van der Waals surface area (Å²) in [6.07, 6.45) is 0. The van der Waals surface area contributed by atoms with Crippen LogP contribution in [0.2, 0.25) is 0 Å². The van der Waals surface area contributed by atoms with Gasteiger partial charge in [0.2, 0.25) is 0 Å². The molecule has 0 bridgehead atoms. The Hall–Kier alpha value is -6.95. The highest BCUT2D eigenvalue weighted by atomic mass is 32.1. The Morgan fingerprint density at radius 1 is 0.370 bits per heavy atom. The largest absolute Gasteiger partial charge is 0.309 e. The number of hydrogen-bond acceptors (Lipinski definition) is 4. The molecule has 54 heavy (non-hydrogen) atoms. The van der Waals surface area contributed by atoms with Gasteiger partial charge in [0.05, 0.1) is 11.0 Å². The number of rotatable bonds is 5. The van der Waals surface area contributed by atoms with E-state index in [1.165, 1.54) is 52.8 Å². The molecule has 3 aromatic heterocycles. The first-order chi connectivity index (χ1) is 26.8. The Kier molecular flexibility index (Phi) is 7.00. The third kappa shape index (κ3) is 4.94. The topological polar surface area (TPSA) is 43.6 Å². The Bertz CT molecular complexity index is 3210. The Balaban J connectivity index is 1.09. The molecule has 0 aliphatic carbocycles. The SMILES string of the molecule is c1ccc(-c2cccc(-c3nc(-c4ccc(-n5c6ccccc6c6c7ccccc7ccc65)cc4)nc(-c4cccc5sc6ccccc6c45)n3)c2)cc1. The summed E-state index contributed by atoms with van der Waals surface area (Å²) < 4.78 is 4.83. The molecule has 0 saturated heterocycles. The highest BCUT2D eigenvalue weighted by Gasteiger charge is 2.19. The van der Waals surface area contributed by atoms with E-state index >= 15 is 0 Å². The van der Waals surface area contributed by atoms with Crippen molar-refractivity contribution in [3.8, 4) is 51.0 Å². The summed E-state index contributed by atoms with van der Waals surface area (Å²) in [6.45, 7) is 0. The monoisotopic (exact) mass is 706 g/mol. The number of hydrogen-bond donors (Lipinski definition) is 0. The molecule has 252 valence electrons. The van der Waals surface area contributed by atoms with Gasteiger partial charge in [-0.1, -0.05) is 127 Å². The van der Waals surface area contributed by atoms with Crippen LogP contribution in [0.3, 0.4) is 0 Å². The van der Waals surface area contributed by atoms with E-state index in [-0.39, 0.29) is 0 Å². The Labute approximate surface area is 315 Å². The van der Waals surface area contributed by atoms with Crippen molar-refractivity contribution in [2.45, 2.75) is 0 Å². The number of thiophene rings is 1. The minimum Gasteiger partial charge on any atom is -0.309 e. The molecule has 0 amide bonds. The molecule has 3 heterocycles. The fourth-order valence-electron chi connectivity index (χ4n) is 7.96. The van der Waals surface area contributed by atoms with E-state index in [9.17, 15) is 0 Å². The fraction of sp³-hybridized carbons (Fsp3) is 0. The highest BCUT2D eigenvalue weighted by Crippen LogP contribution is 2.41. The molecule has 0 saturated carbocycles. The lowest BCUT2D eigenvalue weighted by atomic mass is 10.0. The second-order valence-corrected chi connectivity index (χ2v) is 14.7. The molecule has 0 atom stereocenters. The number of nitrogens with zero attached hydrogens (tertiary/aromatic N) is 4. The molecular formula is C49H30N4S. The van der Waals surface area contributed by atoms with Crippen LogP contribution in [0, 0.1) is 0 Å². The third-order valence-corrected chi connectivity index (χ3v) is 11.6. The Morgan fingerprint density at radius 2 is 1.02 bits per heavy atom. The summed E-state index contributed by atoms with van der Waals surface area (Å²) in [5.74, 6) is 1.94. The number of benzene rings is 8. The molecule has 0 radical (unpaired) electrons. The number of aromatic nitrogens is 4. The molecule has 4 nitrogen and oxygen atoms in total. The zero-order valence-electron chi connectivity index (χ0n) is 29.0. The van der Waals surface area contributed by atoms with E-state index in [4.69, 9.17) is 15.0 Å². The first-order valence-corrected chi connectivity index (χ1v) is 18.9. The van der Waals surface area contributed by atoms with E-state index in [0.717, 1.165) is 33.5 Å². The van der Waals surface area contributed by atoms with Gasteiger partial charge in [0, 0.05) is 53.3 Å². The zero-order valence-corrected chi connectivity index (χ0v) is 29.8. The minimum atomic E-state index is 0.636. The molecule has 11 rings (SSSR count). The smallest absolute Gasteiger partial charge is 0.164 e. The van der Waals surface area contributed by atoms with Crippen LogP contribution in [0.15, 0.2) is 182 Å². The van der Waals surface area contributed by atoms with Gasteiger partial charge in [-0.3, -0.25) is 0 Å². The van der Waals surface area contributed by atoms with Gasteiger partial charge in [0.25, 0.3) is 0 Å². The van der Waals surface area contributed by atoms with E-state index in [2.05, 4.69) is 180 Å². The van der Waals surface area contributed by atoms with Crippen LogP contribution < -0.4 is 0 Å². The lowest BCUT2D eigenvalue weighted by Gasteiger charge is -2.12. The highest BCUT2D eigenvalue weighted by molar-refractivity contribution is 7.25. The van der Waals surface area contributed by atoms with Gasteiger partial charge in [-0.05, 0) is 76.5 Å². The summed E-state index contributed by atoms with van der Waals surface area (Å²) >= 11 is 1.80. The van der Waals surface area contributed by atoms with Crippen molar-refractivity contribution in [3.63, 3.8) is 0 Å². The quantitative estimate of drug-likeness (QED) is 0.179. The van der Waals surface area contributed by atoms with E-state index < -0.39 is 0 Å². The summed E-state index contributed by atoms with van der Waals surface area (Å²) in [4.78, 5) is 15.6. The van der Waals surface area contributed by atoms with Crippen molar-refractivity contribution >= 4 is 64.1 Å². The summed E-state index contributed by atoms with van der Waals surface area (Å²) in [6, 6.07) is 64.4. The average molecular weight is 707 g/mol. The zero-order chi connectivity index (χ0) is 35.6. The normalized spacial score (nSPS) is 11.7. The van der Waals surface area contributed by atoms with Crippen LogP contribution in [0.1, 0.15) is 0 Å². The molecule has 0 N–H and O–H groups in total. The average Bonchev–Trinajstić information content (AvgIpc) is 3.80. The van der Waals surface area contributed by atoms with Crippen LogP contribution in [0.25, 0.3) is 104 Å². The molecule has 0 fully saturated rings. The van der Waals surface area contributed by atoms with Crippen LogP contribution >= 0.6 is 11.3 Å². The standard InChI is InChI=1S/C49H30N4S/c1-2-12-31(13-3-1)34-15-10-16-35(30-34)48-50-47(51-49(52-48)40-20-11-23-44-46(40)39-19-7-9-22-43(39)54-44)33-24-27-36(28-25-33)53-41-21-8-6-18-38(41)45-37-17-5-4-14-32(37)26-29-42(45)53/h1-30H. The first-order valence-electron chi connectivity index (χ1n) is 18.1. The van der Waals surface area contributed by atoms with Crippen molar-refractivity contribution in [2.24, 2.45) is 0 Å². The second kappa shape index (κ2) is 12.3. The maximum absolute atomic E-state index is 5.22. The van der Waals surface area contributed by atoms with Gasteiger partial charge in [-0.15, -0.1) is 11.3 Å². The van der Waals surface area contributed by atoms with Crippen molar-refractivity contribution in [2.75, 3.05) is 0 Å². The van der Waals surface area contributed by atoms with Gasteiger partial charge in [-0.2, -0.15) is 0 Å². The van der Waals surface area contributed by atoms with Crippen molar-refractivity contribution in [1.82, 2.24) is 19.5 Å². The van der Waals surface area contributed by atoms with Crippen molar-refractivity contribution in [1.29, 1.82) is 0 Å². The number of fused-ring (bicyclic) bond motifs is 8. The predicted molar refractivity (Wildman–Crippen MR) is 226 cm³/mol. The molecule has 0 aliphatic heterocycles. The lowest BCUT2D eigenvalue weighted by molar-refractivity contribution is 1.08. The van der Waals surface area contributed by atoms with Gasteiger partial charge >= 0.3 is 0 Å². The molecule has 0 unspecified atom stereocenters. The molecule has 8 aromatic carbocycles. The molecule has 0 spiro atoms. The molecule has 11 aromatic rings. The van der Waals surface area contributed by atoms with Crippen LogP contribution in [-0.4, -0.2) is 19.5 Å². The van der Waals surface area contributed by atoms with E-state index in [0.29, 0.717) is 17.5 Å². The number of para-hydroxylation sites is 1. The van der Waals surface area contributed by atoms with Gasteiger partial charge in [0.15, 0.2) is 17.5 Å². The minimum absolute atomic E-state index is 0.636. The fourth-order valence-corrected chi connectivity index (χ4v) is 9.09. The maximum Gasteiger partial charge on any atom is 0.164 e. The summed E-state index contributed by atoms with van der Waals surface area (Å²) in [7, 11) is 0.